The van der Waals surface area contributed by atoms with Crippen LogP contribution in [-0.4, -0.2) is 228 Å². The molecule has 0 aromatic carbocycles. The number of carbonyl (C=O) groups excluding carboxylic acids is 1. The first kappa shape index (κ1) is 58.6. The fourth-order valence-corrected chi connectivity index (χ4v) is 7.77. The zero-order chi connectivity index (χ0) is 45.9. The molecule has 0 aromatic rings. The molecule has 5 aliphatic heterocycles. The number of hydrogen-bond acceptors (Lipinski definition) is 11. The van der Waals surface area contributed by atoms with Gasteiger partial charge in [-0.1, -0.05) is 27.7 Å². The van der Waals surface area contributed by atoms with Gasteiger partial charge in [-0.2, -0.15) is 0 Å². The third-order valence-electron chi connectivity index (χ3n) is 12.6. The molecule has 13 heteroatoms. The van der Waals surface area contributed by atoms with Gasteiger partial charge in [0.25, 0.3) is 0 Å². The summed E-state index contributed by atoms with van der Waals surface area (Å²) in [4.78, 5) is 40.1. The smallest absolute Gasteiger partial charge is 0.303 e. The molecule has 13 nitrogen and oxygen atoms in total. The summed E-state index contributed by atoms with van der Waals surface area (Å²) >= 11 is 0. The molecule has 0 aromatic heterocycles. The SMILES string of the molecule is CC(=O)N1CCN(C(C)C)CC1.CC(C)CCC(=O)O.CC(C)CCO.CC(C)N1CC2CCC(C1)N2C.CC(C)N1CCN(C)CC1.CC(C)N1CCN(CCO)CC1. The zero-order valence-electron chi connectivity index (χ0n) is 41.9. The highest BCUT2D eigenvalue weighted by molar-refractivity contribution is 5.73. The van der Waals surface area contributed by atoms with Crippen molar-refractivity contribution in [3.05, 3.63) is 0 Å². The largest absolute Gasteiger partial charge is 0.481 e. The van der Waals surface area contributed by atoms with E-state index in [1.165, 1.54) is 52.1 Å². The van der Waals surface area contributed by atoms with E-state index in [1.54, 1.807) is 6.92 Å². The number of likely N-dealkylation sites (N-methyl/N-ethyl adjacent to an activating group) is 2. The first-order valence-corrected chi connectivity index (χ1v) is 23.9. The highest BCUT2D eigenvalue weighted by atomic mass is 16.4. The van der Waals surface area contributed by atoms with Gasteiger partial charge in [-0.05, 0) is 107 Å². The molecule has 60 heavy (non-hydrogen) atoms. The molecule has 5 aliphatic rings. The molecule has 2 unspecified atom stereocenters. The van der Waals surface area contributed by atoms with Crippen LogP contribution in [0, 0.1) is 11.8 Å². The quantitative estimate of drug-likeness (QED) is 0.262. The molecule has 3 N–H and O–H groups in total. The highest BCUT2D eigenvalue weighted by Gasteiger charge is 2.37. The van der Waals surface area contributed by atoms with E-state index in [-0.39, 0.29) is 5.91 Å². The van der Waals surface area contributed by atoms with Gasteiger partial charge >= 0.3 is 5.97 Å². The van der Waals surface area contributed by atoms with Crippen molar-refractivity contribution in [1.82, 2.24) is 39.2 Å². The minimum Gasteiger partial charge on any atom is -0.481 e. The number of nitrogens with zero attached hydrogens (tertiary/aromatic N) is 8. The molecular formula is C47H100N8O5. The Bertz CT molecular complexity index is 1040. The van der Waals surface area contributed by atoms with Crippen LogP contribution in [0.2, 0.25) is 0 Å². The van der Waals surface area contributed by atoms with Crippen molar-refractivity contribution in [2.24, 2.45) is 11.8 Å². The molecule has 2 bridgehead atoms. The number of aliphatic hydroxyl groups is 2. The Morgan fingerprint density at radius 2 is 0.917 bits per heavy atom. The van der Waals surface area contributed by atoms with Gasteiger partial charge in [0.05, 0.1) is 6.61 Å². The summed E-state index contributed by atoms with van der Waals surface area (Å²) in [5.41, 5.74) is 0. The molecule has 0 aliphatic carbocycles. The fraction of sp³-hybridized carbons (Fsp3) is 0.957. The monoisotopic (exact) mass is 857 g/mol. The standard InChI is InChI=1S/C10H20N2.C9H18N2O.C9H20N2O.C8H18N2.C6H12O2.C5H12O/c1-8(2)12-6-9-4-5-10(7-12)11(9)3;1-8(2)10-4-6-11(7-5-10)9(3)12;1-9(2)11-5-3-10(4-6-11)7-8-12;1-8(2)10-6-4-9(3)5-7-10;1-5(2)3-4-6(7)8;1-5(2)3-4-6/h8-10H,4-7H2,1-3H3;8H,4-7H2,1-3H3;9,12H,3-8H2,1-2H3;8H,4-7H2,1-3H3;5H,3-4H2,1-2H3,(H,7,8);5-6H,3-4H2,1-2H3. The van der Waals surface area contributed by atoms with Crippen LogP contribution in [0.15, 0.2) is 0 Å². The van der Waals surface area contributed by atoms with E-state index in [0.29, 0.717) is 43.6 Å². The molecule has 0 saturated carbocycles. The van der Waals surface area contributed by atoms with Gasteiger partial charge in [0.2, 0.25) is 5.91 Å². The number of aliphatic hydroxyl groups excluding tert-OH is 2. The van der Waals surface area contributed by atoms with Gasteiger partial charge in [-0.3, -0.25) is 39.0 Å². The normalized spacial score (nSPS) is 22.4. The van der Waals surface area contributed by atoms with Crippen LogP contribution >= 0.6 is 0 Å². The van der Waals surface area contributed by atoms with Gasteiger partial charge in [-0.15, -0.1) is 0 Å². The molecule has 5 heterocycles. The number of aliphatic carboxylic acids is 1. The average molecular weight is 857 g/mol. The lowest BCUT2D eigenvalue weighted by Crippen LogP contribution is -2.53. The van der Waals surface area contributed by atoms with E-state index in [0.717, 1.165) is 95.9 Å². The first-order valence-electron chi connectivity index (χ1n) is 23.9. The maximum Gasteiger partial charge on any atom is 0.303 e. The lowest BCUT2D eigenvalue weighted by atomic mass is 10.1. The van der Waals surface area contributed by atoms with Gasteiger partial charge < -0.3 is 25.1 Å². The predicted octanol–water partition coefficient (Wildman–Crippen LogP) is 4.91. The van der Waals surface area contributed by atoms with Crippen LogP contribution < -0.4 is 0 Å². The molecule has 5 rings (SSSR count). The zero-order valence-corrected chi connectivity index (χ0v) is 41.9. The summed E-state index contributed by atoms with van der Waals surface area (Å²) in [6.45, 7) is 45.3. The van der Waals surface area contributed by atoms with E-state index >= 15 is 0 Å². The number of piperazine rings is 4. The number of fused-ring (bicyclic) bond motifs is 2. The Kier molecular flexibility index (Phi) is 32.4. The molecule has 2 atom stereocenters. The van der Waals surface area contributed by atoms with E-state index in [9.17, 15) is 9.59 Å². The Morgan fingerprint density at radius 1 is 0.533 bits per heavy atom. The molecule has 358 valence electrons. The number of rotatable bonds is 11. The summed E-state index contributed by atoms with van der Waals surface area (Å²) in [5.74, 6) is 0.665. The van der Waals surface area contributed by atoms with Crippen LogP contribution in [0.25, 0.3) is 0 Å². The Hall–Kier alpha value is -1.42. The van der Waals surface area contributed by atoms with Crippen LogP contribution in [0.3, 0.4) is 0 Å². The fourth-order valence-electron chi connectivity index (χ4n) is 7.77. The highest BCUT2D eigenvalue weighted by Crippen LogP contribution is 2.29. The minimum absolute atomic E-state index is 0.207. The van der Waals surface area contributed by atoms with Gasteiger partial charge in [0.1, 0.15) is 0 Å². The Labute approximate surface area is 370 Å². The van der Waals surface area contributed by atoms with Crippen molar-refractivity contribution in [2.75, 3.05) is 125 Å². The van der Waals surface area contributed by atoms with Gasteiger partial charge in [0, 0.05) is 154 Å². The van der Waals surface area contributed by atoms with E-state index in [2.05, 4.69) is 118 Å². The lowest BCUT2D eigenvalue weighted by molar-refractivity contribution is -0.137. The molecular weight excluding hydrogens is 757 g/mol. The molecule has 5 saturated heterocycles. The summed E-state index contributed by atoms with van der Waals surface area (Å²) in [5, 5.41) is 25.1. The summed E-state index contributed by atoms with van der Waals surface area (Å²) in [6, 6.07) is 4.45. The van der Waals surface area contributed by atoms with Crippen LogP contribution in [0.5, 0.6) is 0 Å². The van der Waals surface area contributed by atoms with E-state index in [1.807, 2.05) is 18.7 Å². The first-order chi connectivity index (χ1) is 28.1. The third-order valence-corrected chi connectivity index (χ3v) is 12.6. The Balaban J connectivity index is 0.000000707. The van der Waals surface area contributed by atoms with Crippen molar-refractivity contribution in [3.8, 4) is 0 Å². The molecule has 5 fully saturated rings. The second-order valence-corrected chi connectivity index (χ2v) is 19.6. The number of amides is 1. The number of hydrogen-bond donors (Lipinski definition) is 3. The summed E-state index contributed by atoms with van der Waals surface area (Å²) in [6.07, 6.45) is 4.86. The minimum atomic E-state index is -0.696. The second kappa shape index (κ2) is 33.1. The molecule has 0 spiro atoms. The van der Waals surface area contributed by atoms with Crippen molar-refractivity contribution >= 4 is 11.9 Å². The van der Waals surface area contributed by atoms with Crippen molar-refractivity contribution in [1.29, 1.82) is 0 Å². The number of likely N-dealkylation sites (tertiary alicyclic amines) is 1. The van der Waals surface area contributed by atoms with Crippen molar-refractivity contribution in [2.45, 2.75) is 158 Å². The third kappa shape index (κ3) is 26.9. The lowest BCUT2D eigenvalue weighted by Gasteiger charge is -2.40. The number of carboxylic acid groups (broad SMARTS) is 1. The van der Waals surface area contributed by atoms with Gasteiger partial charge in [0.15, 0.2) is 0 Å². The average Bonchev–Trinajstić information content (AvgIpc) is 3.37. The van der Waals surface area contributed by atoms with Crippen LogP contribution in [0.4, 0.5) is 0 Å². The maximum absolute atomic E-state index is 11.0. The second-order valence-electron chi connectivity index (χ2n) is 19.6. The summed E-state index contributed by atoms with van der Waals surface area (Å²) in [7, 11) is 4.48. The Morgan fingerprint density at radius 3 is 1.20 bits per heavy atom. The van der Waals surface area contributed by atoms with E-state index < -0.39 is 5.97 Å². The van der Waals surface area contributed by atoms with Crippen LogP contribution in [-0.2, 0) is 9.59 Å². The molecule has 0 radical (unpaired) electrons. The number of β-amino-alcohol motifs (C(OH)–C–C–N with tert-alkyl or cyclic N) is 1. The van der Waals surface area contributed by atoms with Crippen molar-refractivity contribution in [3.63, 3.8) is 0 Å². The molecule has 1 amide bonds. The summed E-state index contributed by atoms with van der Waals surface area (Å²) < 4.78 is 0. The van der Waals surface area contributed by atoms with E-state index in [4.69, 9.17) is 15.3 Å². The van der Waals surface area contributed by atoms with Crippen molar-refractivity contribution < 1.29 is 24.9 Å². The maximum atomic E-state index is 11.0. The van der Waals surface area contributed by atoms with Crippen LogP contribution in [0.1, 0.15) is 122 Å². The predicted molar refractivity (Wildman–Crippen MR) is 253 cm³/mol. The topological polar surface area (TPSA) is 121 Å². The number of carboxylic acids is 1. The van der Waals surface area contributed by atoms with Gasteiger partial charge in [-0.25, -0.2) is 0 Å². The number of carbonyl (C=O) groups is 2.